The van der Waals surface area contributed by atoms with Crippen LogP contribution in [0, 0.1) is 5.82 Å². The molecule has 3 rings (SSSR count). The summed E-state index contributed by atoms with van der Waals surface area (Å²) in [5.74, 6) is -0.252. The topological polar surface area (TPSA) is 49.5 Å². The minimum absolute atomic E-state index is 0.222. The maximum Gasteiger partial charge on any atom is 0.148 e. The number of aliphatic hydroxyl groups is 1. The Morgan fingerprint density at radius 2 is 1.88 bits per heavy atom. The minimum Gasteiger partial charge on any atom is -0.399 e. The lowest BCUT2D eigenvalue weighted by Gasteiger charge is -2.39. The molecule has 2 saturated heterocycles. The lowest BCUT2D eigenvalue weighted by molar-refractivity contribution is 0.126. The lowest BCUT2D eigenvalue weighted by Crippen LogP contribution is -2.45. The number of nitrogens with zero attached hydrogens (tertiary/aromatic N) is 1. The summed E-state index contributed by atoms with van der Waals surface area (Å²) in [4.78, 5) is 2.14. The highest BCUT2D eigenvalue weighted by atomic mass is 19.1. The standard InChI is InChI=1S/C13H17FN2O/c14-12-5-8(15)1-4-13(12)16-9-2-3-10(16)7-11(17)6-9/h1,4-5,9-11,17H,2-3,6-7,15H2. The molecule has 1 aromatic rings. The number of halogens is 1. The van der Waals surface area contributed by atoms with Crippen LogP contribution in [0.3, 0.4) is 0 Å². The molecule has 2 unspecified atom stereocenters. The van der Waals surface area contributed by atoms with Crippen molar-refractivity contribution in [1.82, 2.24) is 0 Å². The molecule has 4 heteroatoms. The number of anilines is 2. The van der Waals surface area contributed by atoms with Gasteiger partial charge in [0.25, 0.3) is 0 Å². The second kappa shape index (κ2) is 3.88. The first-order chi connectivity index (χ1) is 8.15. The average molecular weight is 236 g/mol. The van der Waals surface area contributed by atoms with Gasteiger partial charge >= 0.3 is 0 Å². The van der Waals surface area contributed by atoms with Crippen molar-refractivity contribution in [1.29, 1.82) is 0 Å². The Morgan fingerprint density at radius 3 is 2.47 bits per heavy atom. The molecule has 1 aromatic carbocycles. The largest absolute Gasteiger partial charge is 0.399 e. The van der Waals surface area contributed by atoms with Crippen molar-refractivity contribution in [3.8, 4) is 0 Å². The molecule has 17 heavy (non-hydrogen) atoms. The fourth-order valence-electron chi connectivity index (χ4n) is 3.27. The van der Waals surface area contributed by atoms with E-state index in [9.17, 15) is 9.50 Å². The van der Waals surface area contributed by atoms with E-state index < -0.39 is 0 Å². The molecule has 92 valence electrons. The van der Waals surface area contributed by atoms with Gasteiger partial charge in [-0.15, -0.1) is 0 Å². The van der Waals surface area contributed by atoms with E-state index in [1.165, 1.54) is 6.07 Å². The van der Waals surface area contributed by atoms with Gasteiger partial charge in [0.2, 0.25) is 0 Å². The third-order valence-corrected chi connectivity index (χ3v) is 3.96. The summed E-state index contributed by atoms with van der Waals surface area (Å²) in [6.07, 6.45) is 3.37. The van der Waals surface area contributed by atoms with Crippen molar-refractivity contribution in [2.75, 3.05) is 10.6 Å². The summed E-state index contributed by atoms with van der Waals surface area (Å²) >= 11 is 0. The molecular weight excluding hydrogens is 219 g/mol. The van der Waals surface area contributed by atoms with E-state index in [4.69, 9.17) is 5.73 Å². The summed E-state index contributed by atoms with van der Waals surface area (Å²) in [5.41, 5.74) is 6.66. The summed E-state index contributed by atoms with van der Waals surface area (Å²) < 4.78 is 13.9. The number of benzene rings is 1. The second-order valence-electron chi connectivity index (χ2n) is 5.13. The first-order valence-corrected chi connectivity index (χ1v) is 6.16. The minimum atomic E-state index is -0.252. The van der Waals surface area contributed by atoms with Crippen molar-refractivity contribution in [2.45, 2.75) is 43.9 Å². The fraction of sp³-hybridized carbons (Fsp3) is 0.538. The highest BCUT2D eigenvalue weighted by Gasteiger charge is 2.41. The predicted molar refractivity (Wildman–Crippen MR) is 65.3 cm³/mol. The number of rotatable bonds is 1. The Morgan fingerprint density at radius 1 is 1.24 bits per heavy atom. The SMILES string of the molecule is Nc1ccc(N2C3CCC2CC(O)C3)c(F)c1. The van der Waals surface area contributed by atoms with Gasteiger partial charge in [0.15, 0.2) is 0 Å². The average Bonchev–Trinajstić information content (AvgIpc) is 2.53. The van der Waals surface area contributed by atoms with Crippen LogP contribution in [0.4, 0.5) is 15.8 Å². The van der Waals surface area contributed by atoms with Gasteiger partial charge in [-0.05, 0) is 43.9 Å². The quantitative estimate of drug-likeness (QED) is 0.732. The number of aliphatic hydroxyl groups excluding tert-OH is 1. The molecule has 3 N–H and O–H groups in total. The Kier molecular flexibility index (Phi) is 2.47. The third-order valence-electron chi connectivity index (χ3n) is 3.96. The van der Waals surface area contributed by atoms with E-state index in [1.54, 1.807) is 12.1 Å². The molecule has 0 aliphatic carbocycles. The summed E-state index contributed by atoms with van der Waals surface area (Å²) in [7, 11) is 0. The van der Waals surface area contributed by atoms with Crippen LogP contribution in [-0.2, 0) is 0 Å². The molecular formula is C13H17FN2O. The van der Waals surface area contributed by atoms with Crippen LogP contribution < -0.4 is 10.6 Å². The van der Waals surface area contributed by atoms with Crippen molar-refractivity contribution < 1.29 is 9.50 Å². The second-order valence-corrected chi connectivity index (χ2v) is 5.13. The van der Waals surface area contributed by atoms with E-state index in [2.05, 4.69) is 4.90 Å². The first kappa shape index (κ1) is 10.8. The fourth-order valence-corrected chi connectivity index (χ4v) is 3.27. The molecule has 0 saturated carbocycles. The zero-order valence-electron chi connectivity index (χ0n) is 9.64. The molecule has 0 amide bonds. The monoisotopic (exact) mass is 236 g/mol. The molecule has 2 atom stereocenters. The number of fused-ring (bicyclic) bond motifs is 2. The Bertz CT molecular complexity index is 423. The number of hydrogen-bond acceptors (Lipinski definition) is 3. The first-order valence-electron chi connectivity index (χ1n) is 6.16. The van der Waals surface area contributed by atoms with Gasteiger partial charge in [-0.3, -0.25) is 0 Å². The highest BCUT2D eigenvalue weighted by molar-refractivity contribution is 5.57. The smallest absolute Gasteiger partial charge is 0.148 e. The van der Waals surface area contributed by atoms with Gasteiger partial charge in [-0.1, -0.05) is 0 Å². The summed E-state index contributed by atoms with van der Waals surface area (Å²) in [6.45, 7) is 0. The van der Waals surface area contributed by atoms with Crippen LogP contribution in [0.25, 0.3) is 0 Å². The zero-order chi connectivity index (χ0) is 12.0. The number of nitrogen functional groups attached to an aromatic ring is 1. The number of hydrogen-bond donors (Lipinski definition) is 2. The Hall–Kier alpha value is -1.29. The Labute approximate surface area is 100 Å². The Balaban J connectivity index is 1.94. The molecule has 2 aliphatic heterocycles. The van der Waals surface area contributed by atoms with E-state index in [1.807, 2.05) is 0 Å². The van der Waals surface area contributed by atoms with Crippen LogP contribution in [0.15, 0.2) is 18.2 Å². The van der Waals surface area contributed by atoms with Gasteiger partial charge in [0, 0.05) is 17.8 Å². The van der Waals surface area contributed by atoms with Crippen molar-refractivity contribution in [2.24, 2.45) is 0 Å². The van der Waals surface area contributed by atoms with Gasteiger partial charge in [0.1, 0.15) is 5.82 Å². The van der Waals surface area contributed by atoms with Gasteiger partial charge in [-0.25, -0.2) is 4.39 Å². The molecule has 2 aliphatic rings. The normalized spacial score (nSPS) is 31.9. The molecule has 3 nitrogen and oxygen atoms in total. The lowest BCUT2D eigenvalue weighted by atomic mass is 9.99. The van der Waals surface area contributed by atoms with Gasteiger partial charge < -0.3 is 15.7 Å². The highest BCUT2D eigenvalue weighted by Crippen LogP contribution is 2.40. The molecule has 0 radical (unpaired) electrons. The maximum absolute atomic E-state index is 13.9. The zero-order valence-corrected chi connectivity index (χ0v) is 9.64. The van der Waals surface area contributed by atoms with Gasteiger partial charge in [-0.2, -0.15) is 0 Å². The number of nitrogens with two attached hydrogens (primary N) is 1. The third kappa shape index (κ3) is 1.76. The number of piperidine rings is 1. The summed E-state index contributed by atoms with van der Waals surface area (Å²) in [5, 5.41) is 9.73. The van der Waals surface area contributed by atoms with Crippen LogP contribution in [0.2, 0.25) is 0 Å². The maximum atomic E-state index is 13.9. The molecule has 2 bridgehead atoms. The molecule has 0 spiro atoms. The predicted octanol–water partition coefficient (Wildman–Crippen LogP) is 1.90. The van der Waals surface area contributed by atoms with Crippen LogP contribution in [0.1, 0.15) is 25.7 Å². The van der Waals surface area contributed by atoms with Gasteiger partial charge in [0.05, 0.1) is 11.8 Å². The van der Waals surface area contributed by atoms with Crippen LogP contribution >= 0.6 is 0 Å². The van der Waals surface area contributed by atoms with Crippen molar-refractivity contribution in [3.05, 3.63) is 24.0 Å². The molecule has 2 heterocycles. The van der Waals surface area contributed by atoms with E-state index in [0.29, 0.717) is 11.4 Å². The van der Waals surface area contributed by atoms with Crippen molar-refractivity contribution in [3.63, 3.8) is 0 Å². The van der Waals surface area contributed by atoms with E-state index in [0.717, 1.165) is 25.7 Å². The van der Waals surface area contributed by atoms with E-state index in [-0.39, 0.29) is 24.0 Å². The molecule has 0 aromatic heterocycles. The summed E-state index contributed by atoms with van der Waals surface area (Å²) in [6, 6.07) is 5.43. The van der Waals surface area contributed by atoms with Crippen molar-refractivity contribution >= 4 is 11.4 Å². The molecule has 2 fully saturated rings. The van der Waals surface area contributed by atoms with E-state index >= 15 is 0 Å². The van der Waals surface area contributed by atoms with Crippen LogP contribution in [0.5, 0.6) is 0 Å². The van der Waals surface area contributed by atoms with Crippen LogP contribution in [-0.4, -0.2) is 23.3 Å².